The van der Waals surface area contributed by atoms with Crippen LogP contribution in [0.1, 0.15) is 24.0 Å². The molecule has 1 N–H and O–H groups in total. The van der Waals surface area contributed by atoms with Crippen LogP contribution in [0, 0.1) is 0 Å². The Kier molecular flexibility index (Phi) is 3.03. The fourth-order valence-corrected chi connectivity index (χ4v) is 2.90. The summed E-state index contributed by atoms with van der Waals surface area (Å²) in [7, 11) is 0. The van der Waals surface area contributed by atoms with E-state index in [0.717, 1.165) is 30.5 Å². The number of carbonyl (C=O) groups excluding carboxylic acids is 1. The number of nitrogens with zero attached hydrogens (tertiary/aromatic N) is 1. The molecule has 1 atom stereocenters. The highest BCUT2D eigenvalue weighted by Gasteiger charge is 2.43. The molecule has 3 rings (SSSR count). The lowest BCUT2D eigenvalue weighted by Crippen LogP contribution is -2.49. The summed E-state index contributed by atoms with van der Waals surface area (Å²) in [5.74, 6) is 0.0937. The second kappa shape index (κ2) is 4.84. The number of pyridine rings is 1. The van der Waals surface area contributed by atoms with Gasteiger partial charge in [-0.3, -0.25) is 9.78 Å². The van der Waals surface area contributed by atoms with Gasteiger partial charge in [0, 0.05) is 18.9 Å². The van der Waals surface area contributed by atoms with Gasteiger partial charge in [0.1, 0.15) is 0 Å². The molecule has 0 saturated carbocycles. The lowest BCUT2D eigenvalue weighted by atomic mass is 9.69. The van der Waals surface area contributed by atoms with E-state index < -0.39 is 5.41 Å². The van der Waals surface area contributed by atoms with Gasteiger partial charge in [-0.15, -0.1) is 0 Å². The van der Waals surface area contributed by atoms with Crippen molar-refractivity contribution in [2.24, 2.45) is 0 Å². The van der Waals surface area contributed by atoms with Crippen molar-refractivity contribution in [1.82, 2.24) is 10.3 Å². The van der Waals surface area contributed by atoms with Crippen molar-refractivity contribution >= 4 is 5.91 Å². The van der Waals surface area contributed by atoms with Crippen LogP contribution in [0.4, 0.5) is 0 Å². The van der Waals surface area contributed by atoms with Crippen molar-refractivity contribution in [2.75, 3.05) is 6.54 Å². The summed E-state index contributed by atoms with van der Waals surface area (Å²) in [5, 5.41) is 3.01. The van der Waals surface area contributed by atoms with Crippen LogP contribution >= 0.6 is 0 Å². The molecule has 1 aromatic heterocycles. The standard InChI is InChI=1S/C16H16N2O/c19-15-16(9-4-10-18-15,13-5-2-1-3-6-13)14-7-11-17-12-8-14/h1-3,5-8,11-12H,4,9-10H2,(H,18,19). The zero-order valence-corrected chi connectivity index (χ0v) is 10.7. The first-order valence-electron chi connectivity index (χ1n) is 6.58. The fourth-order valence-electron chi connectivity index (χ4n) is 2.90. The van der Waals surface area contributed by atoms with Gasteiger partial charge >= 0.3 is 0 Å². The number of amides is 1. The highest BCUT2D eigenvalue weighted by Crippen LogP contribution is 2.38. The molecule has 0 aliphatic carbocycles. The van der Waals surface area contributed by atoms with Crippen molar-refractivity contribution < 1.29 is 4.79 Å². The van der Waals surface area contributed by atoms with E-state index in [9.17, 15) is 4.79 Å². The lowest BCUT2D eigenvalue weighted by Gasteiger charge is -2.37. The first kappa shape index (κ1) is 11.9. The SMILES string of the molecule is O=C1NCCCC1(c1ccccc1)c1ccncc1. The fraction of sp³-hybridized carbons (Fsp3) is 0.250. The number of aromatic nitrogens is 1. The predicted molar refractivity (Wildman–Crippen MR) is 73.7 cm³/mol. The average molecular weight is 252 g/mol. The van der Waals surface area contributed by atoms with E-state index in [1.54, 1.807) is 12.4 Å². The Hall–Kier alpha value is -2.16. The van der Waals surface area contributed by atoms with Crippen LogP contribution in [0.2, 0.25) is 0 Å². The predicted octanol–water partition coefficient (Wildman–Crippen LogP) is 2.28. The molecule has 1 amide bonds. The highest BCUT2D eigenvalue weighted by atomic mass is 16.2. The molecular formula is C16H16N2O. The molecule has 0 spiro atoms. The highest BCUT2D eigenvalue weighted by molar-refractivity contribution is 5.92. The minimum Gasteiger partial charge on any atom is -0.355 e. The van der Waals surface area contributed by atoms with Crippen LogP contribution in [0.5, 0.6) is 0 Å². The third-order valence-electron chi connectivity index (χ3n) is 3.84. The molecule has 0 radical (unpaired) electrons. The third kappa shape index (κ3) is 1.91. The van der Waals surface area contributed by atoms with Crippen LogP contribution in [0.3, 0.4) is 0 Å². The van der Waals surface area contributed by atoms with Gasteiger partial charge in [0.15, 0.2) is 0 Å². The van der Waals surface area contributed by atoms with E-state index in [4.69, 9.17) is 0 Å². The summed E-state index contributed by atoms with van der Waals surface area (Å²) >= 11 is 0. The number of rotatable bonds is 2. The van der Waals surface area contributed by atoms with Crippen LogP contribution in [-0.4, -0.2) is 17.4 Å². The summed E-state index contributed by atoms with van der Waals surface area (Å²) < 4.78 is 0. The zero-order valence-electron chi connectivity index (χ0n) is 10.7. The molecule has 96 valence electrons. The second-order valence-corrected chi connectivity index (χ2v) is 4.87. The molecular weight excluding hydrogens is 236 g/mol. The molecule has 3 nitrogen and oxygen atoms in total. The molecule has 1 unspecified atom stereocenters. The number of hydrogen-bond acceptors (Lipinski definition) is 2. The maximum absolute atomic E-state index is 12.6. The van der Waals surface area contributed by atoms with E-state index >= 15 is 0 Å². The van der Waals surface area contributed by atoms with Gasteiger partial charge in [-0.25, -0.2) is 0 Å². The van der Waals surface area contributed by atoms with E-state index in [1.807, 2.05) is 42.5 Å². The quantitative estimate of drug-likeness (QED) is 0.891. The minimum absolute atomic E-state index is 0.0937. The van der Waals surface area contributed by atoms with Crippen molar-refractivity contribution in [1.29, 1.82) is 0 Å². The first-order chi connectivity index (χ1) is 9.34. The number of nitrogens with one attached hydrogen (secondary N) is 1. The van der Waals surface area contributed by atoms with Crippen molar-refractivity contribution in [2.45, 2.75) is 18.3 Å². The summed E-state index contributed by atoms with van der Waals surface area (Å²) in [6, 6.07) is 13.9. The van der Waals surface area contributed by atoms with Crippen molar-refractivity contribution in [3.05, 3.63) is 66.0 Å². The Balaban J connectivity index is 2.19. The molecule has 2 heterocycles. The van der Waals surface area contributed by atoms with E-state index in [0.29, 0.717) is 0 Å². The van der Waals surface area contributed by atoms with Gasteiger partial charge in [-0.1, -0.05) is 30.3 Å². The maximum Gasteiger partial charge on any atom is 0.235 e. The van der Waals surface area contributed by atoms with Gasteiger partial charge in [0.05, 0.1) is 5.41 Å². The third-order valence-corrected chi connectivity index (χ3v) is 3.84. The topological polar surface area (TPSA) is 42.0 Å². The Labute approximate surface area is 112 Å². The van der Waals surface area contributed by atoms with Crippen LogP contribution in [0.15, 0.2) is 54.9 Å². The largest absolute Gasteiger partial charge is 0.355 e. The van der Waals surface area contributed by atoms with Gasteiger partial charge in [0.25, 0.3) is 0 Å². The summed E-state index contributed by atoms with van der Waals surface area (Å²) in [6.45, 7) is 0.762. The van der Waals surface area contributed by atoms with E-state index in [1.165, 1.54) is 0 Å². The van der Waals surface area contributed by atoms with Crippen LogP contribution < -0.4 is 5.32 Å². The molecule has 2 aromatic rings. The molecule has 3 heteroatoms. The Bertz CT molecular complexity index is 526. The minimum atomic E-state index is -0.567. The summed E-state index contributed by atoms with van der Waals surface area (Å²) in [5.41, 5.74) is 1.51. The lowest BCUT2D eigenvalue weighted by molar-refractivity contribution is -0.127. The van der Waals surface area contributed by atoms with Gasteiger partial charge in [-0.05, 0) is 36.1 Å². The molecule has 19 heavy (non-hydrogen) atoms. The second-order valence-electron chi connectivity index (χ2n) is 4.87. The van der Waals surface area contributed by atoms with Crippen LogP contribution in [0.25, 0.3) is 0 Å². The molecule has 1 fully saturated rings. The Morgan fingerprint density at radius 2 is 1.68 bits per heavy atom. The molecule has 1 aromatic carbocycles. The number of hydrogen-bond donors (Lipinski definition) is 1. The normalized spacial score (nSPS) is 22.8. The number of benzene rings is 1. The molecule has 1 aliphatic rings. The summed E-state index contributed by atoms with van der Waals surface area (Å²) in [6.07, 6.45) is 5.33. The molecule has 1 saturated heterocycles. The molecule has 1 aliphatic heterocycles. The maximum atomic E-state index is 12.6. The Morgan fingerprint density at radius 1 is 1.00 bits per heavy atom. The van der Waals surface area contributed by atoms with Gasteiger partial charge in [0.2, 0.25) is 5.91 Å². The molecule has 0 bridgehead atoms. The average Bonchev–Trinajstić information content (AvgIpc) is 2.50. The first-order valence-corrected chi connectivity index (χ1v) is 6.58. The zero-order chi connectivity index (χ0) is 13.1. The van der Waals surface area contributed by atoms with E-state index in [-0.39, 0.29) is 5.91 Å². The van der Waals surface area contributed by atoms with Crippen LogP contribution in [-0.2, 0) is 10.2 Å². The van der Waals surface area contributed by atoms with Crippen molar-refractivity contribution in [3.8, 4) is 0 Å². The van der Waals surface area contributed by atoms with E-state index in [2.05, 4.69) is 10.3 Å². The monoisotopic (exact) mass is 252 g/mol. The smallest absolute Gasteiger partial charge is 0.235 e. The number of carbonyl (C=O) groups is 1. The van der Waals surface area contributed by atoms with Gasteiger partial charge in [-0.2, -0.15) is 0 Å². The van der Waals surface area contributed by atoms with Crippen molar-refractivity contribution in [3.63, 3.8) is 0 Å². The Morgan fingerprint density at radius 3 is 2.37 bits per heavy atom. The number of piperidine rings is 1. The summed E-state index contributed by atoms with van der Waals surface area (Å²) in [4.78, 5) is 16.6. The van der Waals surface area contributed by atoms with Gasteiger partial charge < -0.3 is 5.32 Å².